The first-order chi connectivity index (χ1) is 6.74. The summed E-state index contributed by atoms with van der Waals surface area (Å²) in [6, 6.07) is 5.73. The Hall–Kier alpha value is -0.330. The predicted octanol–water partition coefficient (Wildman–Crippen LogP) is -1.43. The van der Waals surface area contributed by atoms with Gasteiger partial charge in [-0.05, 0) is 13.0 Å². The van der Waals surface area contributed by atoms with Gasteiger partial charge in [0.1, 0.15) is 0 Å². The molecule has 0 radical (unpaired) electrons. The molecule has 1 N–H and O–H groups in total. The maximum Gasteiger partial charge on any atom is 0.523 e. The SMILES string of the molecule is COc1cccc([C@H](C)OC)c1[I+]O. The number of halogens is 1. The first-order valence-corrected chi connectivity index (χ1v) is 6.27. The van der Waals surface area contributed by atoms with Crippen LogP contribution in [0.25, 0.3) is 0 Å². The van der Waals surface area contributed by atoms with Crippen LogP contribution in [0.5, 0.6) is 5.75 Å². The van der Waals surface area contributed by atoms with E-state index < -0.39 is 21.6 Å². The molecular formula is C10H14IO3+. The molecule has 1 rings (SSSR count). The van der Waals surface area contributed by atoms with Crippen LogP contribution in [0.4, 0.5) is 0 Å². The van der Waals surface area contributed by atoms with Gasteiger partial charge in [0, 0.05) is 12.7 Å². The maximum atomic E-state index is 9.35. The van der Waals surface area contributed by atoms with Gasteiger partial charge in [-0.3, -0.25) is 0 Å². The molecule has 14 heavy (non-hydrogen) atoms. The third-order valence-corrected chi connectivity index (χ3v) is 3.73. The lowest BCUT2D eigenvalue weighted by atomic mass is 10.1. The smallest absolute Gasteiger partial charge is 0.492 e. The largest absolute Gasteiger partial charge is 0.523 e. The van der Waals surface area contributed by atoms with Crippen molar-refractivity contribution in [1.29, 1.82) is 0 Å². The third kappa shape index (κ3) is 2.37. The summed E-state index contributed by atoms with van der Waals surface area (Å²) in [5, 5.41) is 0. The molecule has 0 saturated carbocycles. The van der Waals surface area contributed by atoms with Crippen molar-refractivity contribution in [2.24, 2.45) is 0 Å². The van der Waals surface area contributed by atoms with E-state index in [9.17, 15) is 3.44 Å². The molecule has 1 aromatic carbocycles. The Labute approximate surface area is 94.8 Å². The highest BCUT2D eigenvalue weighted by Crippen LogP contribution is 2.20. The summed E-state index contributed by atoms with van der Waals surface area (Å²) in [5.74, 6) is 0.752. The number of methoxy groups -OCH3 is 2. The average Bonchev–Trinajstić information content (AvgIpc) is 2.26. The average molecular weight is 309 g/mol. The van der Waals surface area contributed by atoms with Gasteiger partial charge in [0.25, 0.3) is 3.57 Å². The van der Waals surface area contributed by atoms with Gasteiger partial charge in [0.2, 0.25) is 0 Å². The number of hydrogen-bond donors (Lipinski definition) is 1. The molecule has 4 heteroatoms. The lowest BCUT2D eigenvalue weighted by molar-refractivity contribution is -0.867. The van der Waals surface area contributed by atoms with Gasteiger partial charge in [-0.2, -0.15) is 3.44 Å². The molecule has 0 amide bonds. The van der Waals surface area contributed by atoms with E-state index in [2.05, 4.69) is 0 Å². The zero-order valence-corrected chi connectivity index (χ0v) is 10.6. The molecule has 0 aliphatic carbocycles. The van der Waals surface area contributed by atoms with Crippen molar-refractivity contribution in [2.45, 2.75) is 13.0 Å². The van der Waals surface area contributed by atoms with Crippen molar-refractivity contribution in [3.63, 3.8) is 0 Å². The van der Waals surface area contributed by atoms with E-state index in [-0.39, 0.29) is 6.10 Å². The quantitative estimate of drug-likeness (QED) is 0.693. The molecule has 1 aromatic rings. The molecule has 0 bridgehead atoms. The minimum Gasteiger partial charge on any atom is -0.492 e. The Morgan fingerprint density at radius 1 is 1.36 bits per heavy atom. The van der Waals surface area contributed by atoms with Gasteiger partial charge in [-0.1, -0.05) is 12.1 Å². The Morgan fingerprint density at radius 2 is 2.07 bits per heavy atom. The molecule has 78 valence electrons. The first-order valence-electron chi connectivity index (χ1n) is 4.22. The molecule has 0 fully saturated rings. The summed E-state index contributed by atoms with van der Waals surface area (Å²) >= 11 is -0.985. The molecule has 0 unspecified atom stereocenters. The highest BCUT2D eigenvalue weighted by atomic mass is 127. The van der Waals surface area contributed by atoms with Gasteiger partial charge >= 0.3 is 21.6 Å². The summed E-state index contributed by atoms with van der Waals surface area (Å²) in [6.07, 6.45) is -0.00745. The van der Waals surface area contributed by atoms with E-state index in [1.807, 2.05) is 25.1 Å². The zero-order chi connectivity index (χ0) is 10.6. The van der Waals surface area contributed by atoms with Crippen LogP contribution in [0.15, 0.2) is 18.2 Å². The van der Waals surface area contributed by atoms with Gasteiger partial charge in [-0.15, -0.1) is 0 Å². The summed E-state index contributed by atoms with van der Waals surface area (Å²) in [4.78, 5) is 0. The van der Waals surface area contributed by atoms with Crippen LogP contribution >= 0.6 is 0 Å². The Kier molecular flexibility index (Phi) is 4.64. The van der Waals surface area contributed by atoms with E-state index in [0.29, 0.717) is 0 Å². The summed E-state index contributed by atoms with van der Waals surface area (Å²) < 4.78 is 20.7. The molecule has 0 aromatic heterocycles. The second-order valence-corrected chi connectivity index (χ2v) is 4.39. The van der Waals surface area contributed by atoms with Crippen LogP contribution in [-0.2, 0) is 4.74 Å². The Balaban J connectivity index is 3.14. The molecule has 0 aliphatic heterocycles. The first kappa shape index (κ1) is 11.7. The van der Waals surface area contributed by atoms with Crippen LogP contribution in [0.2, 0.25) is 0 Å². The molecule has 3 nitrogen and oxygen atoms in total. The monoisotopic (exact) mass is 309 g/mol. The van der Waals surface area contributed by atoms with Crippen molar-refractivity contribution in [3.05, 3.63) is 27.3 Å². The fourth-order valence-corrected chi connectivity index (χ4v) is 2.75. The van der Waals surface area contributed by atoms with Crippen LogP contribution < -0.4 is 26.4 Å². The second kappa shape index (κ2) is 5.53. The maximum absolute atomic E-state index is 9.35. The van der Waals surface area contributed by atoms with E-state index >= 15 is 0 Å². The lowest BCUT2D eigenvalue weighted by Crippen LogP contribution is -3.61. The molecule has 0 aliphatic rings. The second-order valence-electron chi connectivity index (χ2n) is 2.83. The van der Waals surface area contributed by atoms with Gasteiger partial charge in [0.15, 0.2) is 5.75 Å². The fraction of sp³-hybridized carbons (Fsp3) is 0.400. The molecular weight excluding hydrogens is 295 g/mol. The van der Waals surface area contributed by atoms with E-state index in [4.69, 9.17) is 9.47 Å². The molecule has 0 spiro atoms. The van der Waals surface area contributed by atoms with Gasteiger partial charge in [-0.25, -0.2) is 0 Å². The van der Waals surface area contributed by atoms with Crippen LogP contribution in [0.1, 0.15) is 18.6 Å². The van der Waals surface area contributed by atoms with Crippen LogP contribution in [0, 0.1) is 3.57 Å². The Bertz CT molecular complexity index is 301. The van der Waals surface area contributed by atoms with Crippen molar-refractivity contribution < 1.29 is 34.5 Å². The highest BCUT2D eigenvalue weighted by Gasteiger charge is 2.25. The third-order valence-electron chi connectivity index (χ3n) is 2.09. The zero-order valence-electron chi connectivity index (χ0n) is 8.45. The molecule has 0 saturated heterocycles. The van der Waals surface area contributed by atoms with E-state index in [1.54, 1.807) is 14.2 Å². The van der Waals surface area contributed by atoms with Crippen molar-refractivity contribution in [2.75, 3.05) is 14.2 Å². The van der Waals surface area contributed by atoms with Crippen molar-refractivity contribution >= 4 is 0 Å². The van der Waals surface area contributed by atoms with Crippen LogP contribution in [0.3, 0.4) is 0 Å². The number of rotatable bonds is 4. The normalized spacial score (nSPS) is 12.6. The predicted molar refractivity (Wildman–Crippen MR) is 49.3 cm³/mol. The highest BCUT2D eigenvalue weighted by molar-refractivity contribution is 5.28. The van der Waals surface area contributed by atoms with Crippen molar-refractivity contribution in [3.8, 4) is 5.75 Å². The standard InChI is InChI=1S/C10H14IO3/c1-7(13-2)8-5-4-6-9(14-3)10(8)11-12/h4-7,12H,1-3H3/q+1/t7-/m0/s1. The summed E-state index contributed by atoms with van der Waals surface area (Å²) in [7, 11) is 3.27. The molecule has 0 heterocycles. The fourth-order valence-electron chi connectivity index (χ4n) is 1.22. The van der Waals surface area contributed by atoms with E-state index in [1.165, 1.54) is 0 Å². The summed E-state index contributed by atoms with van der Waals surface area (Å²) in [6.45, 7) is 1.96. The van der Waals surface area contributed by atoms with Crippen molar-refractivity contribution in [1.82, 2.24) is 0 Å². The minimum absolute atomic E-state index is 0.00745. The van der Waals surface area contributed by atoms with Crippen LogP contribution in [-0.4, -0.2) is 17.7 Å². The van der Waals surface area contributed by atoms with E-state index in [0.717, 1.165) is 14.9 Å². The lowest BCUT2D eigenvalue weighted by Gasteiger charge is -2.10. The molecule has 1 atom stereocenters. The topological polar surface area (TPSA) is 38.7 Å². The van der Waals surface area contributed by atoms with Gasteiger partial charge < -0.3 is 9.47 Å². The minimum atomic E-state index is -0.985. The number of hydrogen-bond acceptors (Lipinski definition) is 3. The van der Waals surface area contributed by atoms with Gasteiger partial charge in [0.05, 0.1) is 13.2 Å². The Morgan fingerprint density at radius 3 is 2.57 bits per heavy atom. The number of benzene rings is 1. The number of ether oxygens (including phenoxy) is 2. The summed E-state index contributed by atoms with van der Waals surface area (Å²) in [5.41, 5.74) is 1.02.